The Labute approximate surface area is 65.2 Å². The van der Waals surface area contributed by atoms with Gasteiger partial charge in [-0.2, -0.15) is 0 Å². The lowest BCUT2D eigenvalue weighted by molar-refractivity contribution is -0.126. The number of hydrogen-bond acceptors (Lipinski definition) is 2. The molecule has 0 bridgehead atoms. The molecule has 1 aliphatic heterocycles. The molecule has 2 fully saturated rings. The zero-order valence-corrected chi connectivity index (χ0v) is 6.35. The Balaban J connectivity index is 2.22. The first kappa shape index (κ1) is 6.83. The van der Waals surface area contributed by atoms with Gasteiger partial charge in [-0.15, -0.1) is 0 Å². The molecule has 0 aromatic carbocycles. The largest absolute Gasteiger partial charge is 0.344 e. The van der Waals surface area contributed by atoms with Crippen LogP contribution in [-0.2, 0) is 9.59 Å². The fourth-order valence-electron chi connectivity index (χ4n) is 2.04. The zero-order valence-electron chi connectivity index (χ0n) is 6.35. The molecule has 1 N–H and O–H groups in total. The average molecular weight is 153 g/mol. The van der Waals surface area contributed by atoms with Gasteiger partial charge >= 0.3 is 0 Å². The van der Waals surface area contributed by atoms with E-state index < -0.39 is 5.54 Å². The van der Waals surface area contributed by atoms with E-state index in [0.717, 1.165) is 19.3 Å². The maximum Gasteiger partial charge on any atom is 0.220 e. The van der Waals surface area contributed by atoms with Crippen LogP contribution in [-0.4, -0.2) is 17.2 Å². The maximum atomic E-state index is 11.3. The molecule has 2 rings (SSSR count). The van der Waals surface area contributed by atoms with E-state index in [0.29, 0.717) is 12.8 Å². The van der Waals surface area contributed by atoms with Gasteiger partial charge < -0.3 is 5.32 Å². The summed E-state index contributed by atoms with van der Waals surface area (Å²) in [4.78, 5) is 22.2. The number of ketones is 1. The van der Waals surface area contributed by atoms with Crippen LogP contribution in [0.3, 0.4) is 0 Å². The van der Waals surface area contributed by atoms with Crippen molar-refractivity contribution in [3.8, 4) is 0 Å². The molecular weight excluding hydrogens is 142 g/mol. The summed E-state index contributed by atoms with van der Waals surface area (Å²) < 4.78 is 0. The number of hydrogen-bond donors (Lipinski definition) is 1. The Morgan fingerprint density at radius 2 is 2.00 bits per heavy atom. The first-order valence-corrected chi connectivity index (χ1v) is 4.07. The van der Waals surface area contributed by atoms with Crippen LogP contribution in [0.1, 0.15) is 32.1 Å². The molecule has 1 aliphatic carbocycles. The van der Waals surface area contributed by atoms with Crippen molar-refractivity contribution in [3.63, 3.8) is 0 Å². The van der Waals surface area contributed by atoms with Gasteiger partial charge in [0.1, 0.15) is 0 Å². The Morgan fingerprint density at radius 3 is 2.45 bits per heavy atom. The van der Waals surface area contributed by atoms with E-state index in [4.69, 9.17) is 0 Å². The van der Waals surface area contributed by atoms with Crippen molar-refractivity contribution in [1.82, 2.24) is 5.32 Å². The van der Waals surface area contributed by atoms with Gasteiger partial charge in [-0.25, -0.2) is 0 Å². The van der Waals surface area contributed by atoms with E-state index in [-0.39, 0.29) is 11.7 Å². The van der Waals surface area contributed by atoms with Gasteiger partial charge in [0.15, 0.2) is 5.78 Å². The Bertz CT molecular complexity index is 224. The second-order valence-corrected chi connectivity index (χ2v) is 3.41. The fraction of sp³-hybridized carbons (Fsp3) is 0.750. The summed E-state index contributed by atoms with van der Waals surface area (Å²) in [5.41, 5.74) is -0.420. The summed E-state index contributed by atoms with van der Waals surface area (Å²) in [6, 6.07) is 0. The number of amides is 1. The molecule has 3 nitrogen and oxygen atoms in total. The smallest absolute Gasteiger partial charge is 0.220 e. The van der Waals surface area contributed by atoms with Crippen molar-refractivity contribution < 1.29 is 9.59 Å². The SMILES string of the molecule is O=C1CC[C@@]2(CCCC2=O)N1. The van der Waals surface area contributed by atoms with Gasteiger partial charge in [-0.3, -0.25) is 9.59 Å². The normalized spacial score (nSPS) is 36.7. The van der Waals surface area contributed by atoms with Gasteiger partial charge in [0, 0.05) is 12.8 Å². The van der Waals surface area contributed by atoms with E-state index in [2.05, 4.69) is 5.32 Å². The maximum absolute atomic E-state index is 11.3. The molecule has 3 heteroatoms. The van der Waals surface area contributed by atoms with Crippen LogP contribution in [0.25, 0.3) is 0 Å². The van der Waals surface area contributed by atoms with E-state index in [1.54, 1.807) is 0 Å². The van der Waals surface area contributed by atoms with Gasteiger partial charge in [0.05, 0.1) is 5.54 Å². The van der Waals surface area contributed by atoms with E-state index >= 15 is 0 Å². The second-order valence-electron chi connectivity index (χ2n) is 3.41. The van der Waals surface area contributed by atoms with Gasteiger partial charge in [0.2, 0.25) is 5.91 Å². The van der Waals surface area contributed by atoms with Gasteiger partial charge in [-0.1, -0.05) is 0 Å². The molecule has 11 heavy (non-hydrogen) atoms. The molecule has 0 radical (unpaired) electrons. The quantitative estimate of drug-likeness (QED) is 0.547. The molecule has 1 saturated carbocycles. The van der Waals surface area contributed by atoms with Crippen molar-refractivity contribution in [1.29, 1.82) is 0 Å². The molecule has 0 unspecified atom stereocenters. The standard InChI is InChI=1S/C8H11NO2/c10-6-2-1-4-8(6)5-3-7(11)9-8/h1-5H2,(H,9,11)/t8-/m1/s1. The third-order valence-electron chi connectivity index (χ3n) is 2.70. The highest BCUT2D eigenvalue weighted by Crippen LogP contribution is 2.33. The van der Waals surface area contributed by atoms with E-state index in [1.807, 2.05) is 0 Å². The topological polar surface area (TPSA) is 46.2 Å². The predicted octanol–water partition coefficient (Wildman–Crippen LogP) is 0.388. The monoisotopic (exact) mass is 153 g/mol. The van der Waals surface area contributed by atoms with Crippen LogP contribution < -0.4 is 5.32 Å². The van der Waals surface area contributed by atoms with Gasteiger partial charge in [-0.05, 0) is 19.3 Å². The predicted molar refractivity (Wildman–Crippen MR) is 39.0 cm³/mol. The lowest BCUT2D eigenvalue weighted by Crippen LogP contribution is -2.44. The minimum absolute atomic E-state index is 0.0419. The number of carbonyl (C=O) groups excluding carboxylic acids is 2. The molecule has 1 atom stereocenters. The number of carbonyl (C=O) groups is 2. The minimum Gasteiger partial charge on any atom is -0.344 e. The zero-order chi connectivity index (χ0) is 7.90. The van der Waals surface area contributed by atoms with Crippen molar-refractivity contribution in [2.45, 2.75) is 37.6 Å². The number of nitrogens with one attached hydrogen (secondary N) is 1. The summed E-state index contributed by atoms with van der Waals surface area (Å²) in [5.74, 6) is 0.281. The third-order valence-corrected chi connectivity index (χ3v) is 2.70. The van der Waals surface area contributed by atoms with Gasteiger partial charge in [0.25, 0.3) is 0 Å². The first-order valence-electron chi connectivity index (χ1n) is 4.07. The van der Waals surface area contributed by atoms with Crippen molar-refractivity contribution in [3.05, 3.63) is 0 Å². The summed E-state index contributed by atoms with van der Waals surface area (Å²) in [5, 5.41) is 2.79. The summed E-state index contributed by atoms with van der Waals surface area (Å²) in [6.07, 6.45) is 3.72. The second kappa shape index (κ2) is 2.06. The molecular formula is C8H11NO2. The lowest BCUT2D eigenvalue weighted by atomic mass is 9.95. The van der Waals surface area contributed by atoms with Crippen LogP contribution in [0.15, 0.2) is 0 Å². The molecule has 1 saturated heterocycles. The first-order chi connectivity index (χ1) is 5.23. The molecule has 1 heterocycles. The Hall–Kier alpha value is -0.860. The summed E-state index contributed by atoms with van der Waals surface area (Å²) in [6.45, 7) is 0. The molecule has 60 valence electrons. The fourth-order valence-corrected chi connectivity index (χ4v) is 2.04. The van der Waals surface area contributed by atoms with Crippen molar-refractivity contribution in [2.75, 3.05) is 0 Å². The summed E-state index contributed by atoms with van der Waals surface area (Å²) >= 11 is 0. The van der Waals surface area contributed by atoms with E-state index in [1.165, 1.54) is 0 Å². The third kappa shape index (κ3) is 0.870. The highest BCUT2D eigenvalue weighted by Gasteiger charge is 2.46. The van der Waals surface area contributed by atoms with Crippen LogP contribution in [0.4, 0.5) is 0 Å². The van der Waals surface area contributed by atoms with Crippen LogP contribution in [0.5, 0.6) is 0 Å². The highest BCUT2D eigenvalue weighted by molar-refractivity contribution is 5.97. The molecule has 1 spiro atoms. The highest BCUT2D eigenvalue weighted by atomic mass is 16.2. The number of Topliss-reactive ketones (excluding diaryl/α,β-unsaturated/α-hetero) is 1. The molecule has 2 aliphatic rings. The van der Waals surface area contributed by atoms with Crippen molar-refractivity contribution in [2.24, 2.45) is 0 Å². The van der Waals surface area contributed by atoms with Crippen LogP contribution in [0.2, 0.25) is 0 Å². The molecule has 0 aromatic heterocycles. The average Bonchev–Trinajstić information content (AvgIpc) is 2.46. The summed E-state index contributed by atoms with van der Waals surface area (Å²) in [7, 11) is 0. The van der Waals surface area contributed by atoms with E-state index in [9.17, 15) is 9.59 Å². The van der Waals surface area contributed by atoms with Crippen LogP contribution >= 0.6 is 0 Å². The van der Waals surface area contributed by atoms with Crippen LogP contribution in [0, 0.1) is 0 Å². The Morgan fingerprint density at radius 1 is 1.18 bits per heavy atom. The molecule has 0 aromatic rings. The Kier molecular flexibility index (Phi) is 1.28. The molecule has 1 amide bonds. The number of rotatable bonds is 0. The van der Waals surface area contributed by atoms with Crippen molar-refractivity contribution >= 4 is 11.7 Å². The lowest BCUT2D eigenvalue weighted by Gasteiger charge is -2.19. The minimum atomic E-state index is -0.420.